The van der Waals surface area contributed by atoms with Gasteiger partial charge in [0.1, 0.15) is 0 Å². The Morgan fingerprint density at radius 3 is 2.13 bits per heavy atom. The molecule has 5 heteroatoms. The van der Waals surface area contributed by atoms with E-state index in [9.17, 15) is 4.79 Å². The molecule has 0 rings (SSSR count). The van der Waals surface area contributed by atoms with Gasteiger partial charge in [0.05, 0.1) is 0 Å². The molecule has 3 nitrogen and oxygen atoms in total. The van der Waals surface area contributed by atoms with E-state index in [0.29, 0.717) is 0 Å². The van der Waals surface area contributed by atoms with Crippen LogP contribution in [0.25, 0.3) is 0 Å². The summed E-state index contributed by atoms with van der Waals surface area (Å²) in [6, 6.07) is 0. The number of carbonyl (C=O) groups is 1. The molecule has 0 spiro atoms. The van der Waals surface area contributed by atoms with Crippen molar-refractivity contribution in [1.82, 2.24) is 4.90 Å². The molecule has 0 unspecified atom stereocenters. The predicted molar refractivity (Wildman–Crippen MR) is 53.1 cm³/mol. The summed E-state index contributed by atoms with van der Waals surface area (Å²) in [5, 5.41) is 0. The maximum atomic E-state index is 11.1. The van der Waals surface area contributed by atoms with Crippen molar-refractivity contribution in [2.45, 2.75) is 27.7 Å². The minimum absolute atomic E-state index is 0.848. The molecule has 0 saturated heterocycles. The average Bonchev–Trinajstić information content (AvgIpc) is 2.22. The van der Waals surface area contributed by atoms with Crippen molar-refractivity contribution in [2.24, 2.45) is 3.50 Å². The number of allylic oxidation sites excluding steroid dienone is 4. The molecule has 0 aliphatic heterocycles. The Labute approximate surface area is 113 Å². The molecule has 0 radical (unpaired) electrons. The minimum atomic E-state index is 0.848. The van der Waals surface area contributed by atoms with Crippen molar-refractivity contribution in [2.75, 3.05) is 0 Å². The first-order chi connectivity index (χ1) is 6.99. The first-order valence-corrected chi connectivity index (χ1v) is 7.20. The molecule has 0 fully saturated rings. The van der Waals surface area contributed by atoms with E-state index in [1.54, 1.807) is 4.90 Å². The van der Waals surface area contributed by atoms with Gasteiger partial charge in [0.25, 0.3) is 0 Å². The van der Waals surface area contributed by atoms with E-state index in [1.807, 2.05) is 33.8 Å². The molecule has 0 heterocycles. The molecule has 0 N–H and O–H groups in total. The van der Waals surface area contributed by atoms with Gasteiger partial charge in [-0.1, -0.05) is 0 Å². The summed E-state index contributed by atoms with van der Waals surface area (Å²) >= 11 is 2.51. The van der Waals surface area contributed by atoms with Crippen LogP contribution in [0, 0.1) is 0 Å². The third-order valence-corrected chi connectivity index (χ3v) is 3.64. The van der Waals surface area contributed by atoms with E-state index >= 15 is 0 Å². The average molecular weight is 546 g/mol. The number of amides is 1. The van der Waals surface area contributed by atoms with E-state index in [-0.39, 0.29) is 0 Å². The molecular weight excluding hydrogens is 532 g/mol. The van der Waals surface area contributed by atoms with Crippen molar-refractivity contribution in [3.05, 3.63) is 23.2 Å². The SMILES string of the molecule is CC=C(C)N(C=O)C([C](C)=[W])=C(C)[N]=[W]. The molecule has 0 aromatic rings. The fourth-order valence-electron chi connectivity index (χ4n) is 1.09. The van der Waals surface area contributed by atoms with Crippen molar-refractivity contribution < 1.29 is 43.8 Å². The number of carbonyl (C=O) groups excluding carboxylic acids is 1. The summed E-state index contributed by atoms with van der Waals surface area (Å²) in [4.78, 5) is 12.7. The molecule has 82 valence electrons. The van der Waals surface area contributed by atoms with Crippen LogP contribution >= 0.6 is 0 Å². The van der Waals surface area contributed by atoms with E-state index in [2.05, 4.69) is 3.50 Å². The van der Waals surface area contributed by atoms with Crippen LogP contribution in [-0.4, -0.2) is 15.2 Å². The van der Waals surface area contributed by atoms with Gasteiger partial charge in [0, 0.05) is 0 Å². The van der Waals surface area contributed by atoms with E-state index in [1.165, 1.54) is 23.3 Å². The summed E-state index contributed by atoms with van der Waals surface area (Å²) in [7, 11) is 0. The zero-order chi connectivity index (χ0) is 12.0. The molecule has 0 atom stereocenters. The maximum absolute atomic E-state index is 11.1. The molecule has 0 aliphatic rings. The van der Waals surface area contributed by atoms with Crippen LogP contribution in [0.4, 0.5) is 0 Å². The summed E-state index contributed by atoms with van der Waals surface area (Å²) < 4.78 is 5.40. The standard InChI is InChI=1S/C10H14N2O.2W/c1-5-8(3)12(7-13)10(6-2)9(4)11;;/h5,7H,1-4H3;;. The summed E-state index contributed by atoms with van der Waals surface area (Å²) in [5.41, 5.74) is 2.79. The third-order valence-electron chi connectivity index (χ3n) is 1.96. The van der Waals surface area contributed by atoms with Gasteiger partial charge in [-0.2, -0.15) is 0 Å². The van der Waals surface area contributed by atoms with Crippen molar-refractivity contribution >= 4 is 10.3 Å². The first-order valence-electron chi connectivity index (χ1n) is 4.42. The van der Waals surface area contributed by atoms with E-state index in [4.69, 9.17) is 0 Å². The van der Waals surface area contributed by atoms with Crippen LogP contribution in [0.1, 0.15) is 27.7 Å². The first kappa shape index (κ1) is 15.0. The molecule has 0 saturated carbocycles. The summed E-state index contributed by atoms with van der Waals surface area (Å²) in [6.07, 6.45) is 2.77. The predicted octanol–water partition coefficient (Wildman–Crippen LogP) is 2.07. The molecular formula is C10H14N2OW2. The fourth-order valence-corrected chi connectivity index (χ4v) is 2.29. The zero-order valence-corrected chi connectivity index (χ0v) is 15.1. The van der Waals surface area contributed by atoms with Crippen LogP contribution in [-0.2, 0) is 43.8 Å². The fraction of sp³-hybridized carbons (Fsp3) is 0.400. The number of nitrogens with zero attached hydrogens (tertiary/aromatic N) is 2. The number of hydrogen-bond donors (Lipinski definition) is 0. The Kier molecular flexibility index (Phi) is 7.30. The van der Waals surface area contributed by atoms with Crippen molar-refractivity contribution in [3.63, 3.8) is 0 Å². The topological polar surface area (TPSA) is 32.7 Å². The van der Waals surface area contributed by atoms with Crippen LogP contribution in [0.2, 0.25) is 0 Å². The second kappa shape index (κ2) is 7.30. The van der Waals surface area contributed by atoms with E-state index in [0.717, 1.165) is 43.1 Å². The Morgan fingerprint density at radius 2 is 1.87 bits per heavy atom. The molecule has 0 aromatic heterocycles. The molecule has 15 heavy (non-hydrogen) atoms. The Bertz CT molecular complexity index is 345. The zero-order valence-electron chi connectivity index (χ0n) is 9.27. The van der Waals surface area contributed by atoms with Gasteiger partial charge in [0.2, 0.25) is 0 Å². The Hall–Kier alpha value is -0.00338. The molecule has 1 amide bonds. The van der Waals surface area contributed by atoms with Gasteiger partial charge < -0.3 is 0 Å². The second-order valence-corrected chi connectivity index (χ2v) is 5.84. The van der Waals surface area contributed by atoms with Gasteiger partial charge in [-0.15, -0.1) is 0 Å². The summed E-state index contributed by atoms with van der Waals surface area (Å²) in [5.74, 6) is 0. The second-order valence-electron chi connectivity index (χ2n) is 2.99. The Balaban J connectivity index is 5.53. The summed E-state index contributed by atoms with van der Waals surface area (Å²) in [6.45, 7) is 7.80. The van der Waals surface area contributed by atoms with Gasteiger partial charge in [-0.25, -0.2) is 0 Å². The Morgan fingerprint density at radius 1 is 1.33 bits per heavy atom. The number of hydrogen-bond acceptors (Lipinski definition) is 2. The molecule has 0 bridgehead atoms. The van der Waals surface area contributed by atoms with Gasteiger partial charge >= 0.3 is 113 Å². The van der Waals surface area contributed by atoms with Crippen LogP contribution in [0.3, 0.4) is 0 Å². The van der Waals surface area contributed by atoms with Crippen LogP contribution < -0.4 is 0 Å². The normalized spacial score (nSPS) is 12.9. The number of rotatable bonds is 5. The van der Waals surface area contributed by atoms with Gasteiger partial charge in [-0.3, -0.25) is 0 Å². The van der Waals surface area contributed by atoms with Crippen molar-refractivity contribution in [1.29, 1.82) is 0 Å². The van der Waals surface area contributed by atoms with Gasteiger partial charge in [-0.05, 0) is 0 Å². The van der Waals surface area contributed by atoms with Crippen LogP contribution in [0.5, 0.6) is 0 Å². The third kappa shape index (κ3) is 4.16. The molecule has 0 aromatic carbocycles. The van der Waals surface area contributed by atoms with Crippen LogP contribution in [0.15, 0.2) is 26.7 Å². The quantitative estimate of drug-likeness (QED) is 0.487. The van der Waals surface area contributed by atoms with E-state index < -0.39 is 0 Å². The monoisotopic (exact) mass is 546 g/mol. The van der Waals surface area contributed by atoms with Crippen molar-refractivity contribution in [3.8, 4) is 0 Å². The van der Waals surface area contributed by atoms with Gasteiger partial charge in [0.15, 0.2) is 0 Å². The molecule has 0 aliphatic carbocycles.